The lowest BCUT2D eigenvalue weighted by atomic mass is 9.99. The van der Waals surface area contributed by atoms with E-state index in [1.807, 2.05) is 13.8 Å². The summed E-state index contributed by atoms with van der Waals surface area (Å²) in [4.78, 5) is 19.5. The van der Waals surface area contributed by atoms with E-state index in [0.29, 0.717) is 11.6 Å². The largest absolute Gasteiger partial charge is 0.480 e. The molecule has 0 saturated carbocycles. The summed E-state index contributed by atoms with van der Waals surface area (Å²) in [7, 11) is 0. The van der Waals surface area contributed by atoms with Crippen molar-refractivity contribution in [3.05, 3.63) is 24.5 Å². The molecule has 0 aliphatic carbocycles. The van der Waals surface area contributed by atoms with E-state index in [1.165, 1.54) is 4.68 Å². The Balaban J connectivity index is 2.29. The Morgan fingerprint density at radius 2 is 2.29 bits per heavy atom. The molecule has 0 spiro atoms. The number of nitrogen functional groups attached to an aromatic ring is 1. The fourth-order valence-electron chi connectivity index (χ4n) is 1.89. The van der Waals surface area contributed by atoms with Crippen LogP contribution in [0.3, 0.4) is 0 Å². The first kappa shape index (κ1) is 14.8. The van der Waals surface area contributed by atoms with E-state index in [4.69, 9.17) is 5.73 Å². The Morgan fingerprint density at radius 1 is 1.52 bits per heavy atom. The van der Waals surface area contributed by atoms with Crippen molar-refractivity contribution < 1.29 is 9.90 Å². The maximum absolute atomic E-state index is 11.3. The molecule has 2 aromatic heterocycles. The highest BCUT2D eigenvalue weighted by Gasteiger charge is 2.24. The average molecular weight is 290 g/mol. The van der Waals surface area contributed by atoms with Gasteiger partial charge in [-0.1, -0.05) is 20.3 Å². The smallest absolute Gasteiger partial charge is 0.326 e. The van der Waals surface area contributed by atoms with E-state index in [-0.39, 0.29) is 11.9 Å². The molecule has 0 fully saturated rings. The van der Waals surface area contributed by atoms with Crippen molar-refractivity contribution in [3.8, 4) is 5.82 Å². The van der Waals surface area contributed by atoms with Crippen LogP contribution in [0.5, 0.6) is 0 Å². The van der Waals surface area contributed by atoms with Gasteiger partial charge in [0.1, 0.15) is 11.9 Å². The van der Waals surface area contributed by atoms with Crippen molar-refractivity contribution in [2.45, 2.75) is 26.3 Å². The van der Waals surface area contributed by atoms with Gasteiger partial charge in [0.15, 0.2) is 5.82 Å². The van der Waals surface area contributed by atoms with E-state index in [9.17, 15) is 9.90 Å². The van der Waals surface area contributed by atoms with Gasteiger partial charge >= 0.3 is 5.97 Å². The van der Waals surface area contributed by atoms with Crippen LogP contribution in [0.4, 0.5) is 11.8 Å². The molecule has 2 aromatic rings. The summed E-state index contributed by atoms with van der Waals surface area (Å²) in [5.41, 5.74) is 5.68. The summed E-state index contributed by atoms with van der Waals surface area (Å²) in [6.45, 7) is 3.80. The number of rotatable bonds is 6. The molecule has 2 rings (SSSR count). The van der Waals surface area contributed by atoms with Crippen molar-refractivity contribution in [2.24, 2.45) is 5.92 Å². The number of anilines is 2. The van der Waals surface area contributed by atoms with E-state index in [0.717, 1.165) is 6.42 Å². The third-order valence-corrected chi connectivity index (χ3v) is 3.25. The first-order valence-corrected chi connectivity index (χ1v) is 6.65. The number of carbonyl (C=O) groups is 1. The number of hydrogen-bond donors (Lipinski definition) is 3. The number of hydrogen-bond acceptors (Lipinski definition) is 6. The van der Waals surface area contributed by atoms with Crippen molar-refractivity contribution in [3.63, 3.8) is 0 Å². The lowest BCUT2D eigenvalue weighted by molar-refractivity contribution is -0.139. The zero-order valence-corrected chi connectivity index (χ0v) is 11.9. The maximum Gasteiger partial charge on any atom is 0.326 e. The average Bonchev–Trinajstić information content (AvgIpc) is 2.97. The highest BCUT2D eigenvalue weighted by molar-refractivity contribution is 5.77. The van der Waals surface area contributed by atoms with Gasteiger partial charge in [0.05, 0.1) is 0 Å². The molecule has 8 nitrogen and oxygen atoms in total. The standard InChI is InChI=1S/C13H18N6O2/c1-3-8(2)11(12(20)21)16-9-7-10(18-13(14)17-9)19-6-4-5-15-19/h4-8,11H,3H2,1-2H3,(H,20,21)(H3,14,16,17,18)/t8-,11-/m0/s1. The molecular weight excluding hydrogens is 272 g/mol. The van der Waals surface area contributed by atoms with Crippen LogP contribution in [0, 0.1) is 5.92 Å². The molecule has 0 aliphatic rings. The Bertz CT molecular complexity index is 613. The monoisotopic (exact) mass is 290 g/mol. The first-order valence-electron chi connectivity index (χ1n) is 6.65. The van der Waals surface area contributed by atoms with Crippen LogP contribution in [-0.4, -0.2) is 36.9 Å². The van der Waals surface area contributed by atoms with Gasteiger partial charge in [-0.05, 0) is 12.0 Å². The summed E-state index contributed by atoms with van der Waals surface area (Å²) in [6.07, 6.45) is 4.07. The normalized spacial score (nSPS) is 13.6. The molecule has 8 heteroatoms. The molecule has 2 atom stereocenters. The van der Waals surface area contributed by atoms with Crippen LogP contribution >= 0.6 is 0 Å². The van der Waals surface area contributed by atoms with E-state index in [1.54, 1.807) is 24.5 Å². The summed E-state index contributed by atoms with van der Waals surface area (Å²) in [5.74, 6) is -0.0863. The maximum atomic E-state index is 11.3. The minimum absolute atomic E-state index is 0.0492. The molecule has 0 aliphatic heterocycles. The van der Waals surface area contributed by atoms with Gasteiger partial charge in [0, 0.05) is 18.5 Å². The van der Waals surface area contributed by atoms with Crippen LogP contribution in [-0.2, 0) is 4.79 Å². The third kappa shape index (κ3) is 3.47. The van der Waals surface area contributed by atoms with E-state index in [2.05, 4.69) is 20.4 Å². The number of nitrogens with zero attached hydrogens (tertiary/aromatic N) is 4. The van der Waals surface area contributed by atoms with Crippen LogP contribution in [0.1, 0.15) is 20.3 Å². The van der Waals surface area contributed by atoms with Gasteiger partial charge in [-0.15, -0.1) is 0 Å². The number of carboxylic acids is 1. The third-order valence-electron chi connectivity index (χ3n) is 3.25. The zero-order chi connectivity index (χ0) is 15.4. The second kappa shape index (κ2) is 6.21. The number of nitrogens with two attached hydrogens (primary N) is 1. The fraction of sp³-hybridized carbons (Fsp3) is 0.385. The zero-order valence-electron chi connectivity index (χ0n) is 11.9. The highest BCUT2D eigenvalue weighted by atomic mass is 16.4. The molecule has 0 amide bonds. The lowest BCUT2D eigenvalue weighted by Gasteiger charge is -2.20. The van der Waals surface area contributed by atoms with Crippen LogP contribution in [0.2, 0.25) is 0 Å². The Labute approximate surface area is 122 Å². The van der Waals surface area contributed by atoms with Crippen molar-refractivity contribution in [2.75, 3.05) is 11.1 Å². The Hall–Kier alpha value is -2.64. The van der Waals surface area contributed by atoms with Gasteiger partial charge in [-0.25, -0.2) is 9.48 Å². The van der Waals surface area contributed by atoms with Crippen molar-refractivity contribution >= 4 is 17.7 Å². The Morgan fingerprint density at radius 3 is 2.86 bits per heavy atom. The summed E-state index contributed by atoms with van der Waals surface area (Å²) in [6, 6.07) is 2.63. The topological polar surface area (TPSA) is 119 Å². The predicted octanol–water partition coefficient (Wildman–Crippen LogP) is 1.16. The van der Waals surface area contributed by atoms with E-state index >= 15 is 0 Å². The predicted molar refractivity (Wildman–Crippen MR) is 78.1 cm³/mol. The van der Waals surface area contributed by atoms with Gasteiger partial charge < -0.3 is 16.2 Å². The number of aliphatic carboxylic acids is 1. The molecule has 0 bridgehead atoms. The number of carboxylic acid groups (broad SMARTS) is 1. The minimum atomic E-state index is -0.929. The molecule has 0 radical (unpaired) electrons. The molecule has 21 heavy (non-hydrogen) atoms. The Kier molecular flexibility index (Phi) is 4.36. The van der Waals surface area contributed by atoms with Gasteiger partial charge in [-0.2, -0.15) is 15.1 Å². The minimum Gasteiger partial charge on any atom is -0.480 e. The number of aromatic nitrogens is 4. The number of nitrogens with one attached hydrogen (secondary N) is 1. The second-order valence-corrected chi connectivity index (χ2v) is 4.77. The molecule has 0 aromatic carbocycles. The molecular formula is C13H18N6O2. The molecule has 0 unspecified atom stereocenters. The van der Waals surface area contributed by atoms with Crippen LogP contribution < -0.4 is 11.1 Å². The van der Waals surface area contributed by atoms with Crippen LogP contribution in [0.25, 0.3) is 5.82 Å². The second-order valence-electron chi connectivity index (χ2n) is 4.77. The molecule has 0 saturated heterocycles. The highest BCUT2D eigenvalue weighted by Crippen LogP contribution is 2.17. The SMILES string of the molecule is CC[C@H](C)[C@H](Nc1cc(-n2cccn2)nc(N)n1)C(=O)O. The molecule has 112 valence electrons. The van der Waals surface area contributed by atoms with Gasteiger partial charge in [0.25, 0.3) is 0 Å². The van der Waals surface area contributed by atoms with Crippen LogP contribution in [0.15, 0.2) is 24.5 Å². The first-order chi connectivity index (χ1) is 10.0. The van der Waals surface area contributed by atoms with Crippen molar-refractivity contribution in [1.82, 2.24) is 19.7 Å². The molecule has 2 heterocycles. The quantitative estimate of drug-likeness (QED) is 0.730. The summed E-state index contributed by atoms with van der Waals surface area (Å²) < 4.78 is 1.53. The summed E-state index contributed by atoms with van der Waals surface area (Å²) in [5, 5.41) is 16.3. The fourth-order valence-corrected chi connectivity index (χ4v) is 1.89. The van der Waals surface area contributed by atoms with E-state index < -0.39 is 12.0 Å². The van der Waals surface area contributed by atoms with Gasteiger partial charge in [-0.3, -0.25) is 0 Å². The molecule has 4 N–H and O–H groups in total. The van der Waals surface area contributed by atoms with Crippen molar-refractivity contribution in [1.29, 1.82) is 0 Å². The lowest BCUT2D eigenvalue weighted by Crippen LogP contribution is -2.35. The van der Waals surface area contributed by atoms with Gasteiger partial charge in [0.2, 0.25) is 5.95 Å². The summed E-state index contributed by atoms with van der Waals surface area (Å²) >= 11 is 0.